The third kappa shape index (κ3) is 27.4. The van der Waals surface area contributed by atoms with Crippen molar-refractivity contribution in [2.45, 2.75) is 0 Å². The van der Waals surface area contributed by atoms with E-state index >= 15 is 0 Å². The van der Waals surface area contributed by atoms with Crippen LogP contribution in [-0.4, -0.2) is 173 Å². The van der Waals surface area contributed by atoms with Gasteiger partial charge in [0.15, 0.2) is 0 Å². The Hall–Kier alpha value is 5.05. The van der Waals surface area contributed by atoms with Gasteiger partial charge >= 0.3 is 173 Å². The zero-order valence-corrected chi connectivity index (χ0v) is 21.1. The molecule has 0 aromatic rings. The molecule has 0 aliphatic rings. The van der Waals surface area contributed by atoms with E-state index in [4.69, 9.17) is 0 Å². The molecule has 0 aromatic heterocycles. The van der Waals surface area contributed by atoms with E-state index in [9.17, 15) is 33.5 Å². The molecule has 0 atom stereocenters. The zero-order valence-electron chi connectivity index (χ0n) is 11.9. The summed E-state index contributed by atoms with van der Waals surface area (Å²) in [5.41, 5.74) is 0. The van der Waals surface area contributed by atoms with Crippen molar-refractivity contribution in [1.82, 2.24) is 0 Å². The second-order valence-electron chi connectivity index (χ2n) is 1.33. The fourth-order valence-corrected chi connectivity index (χ4v) is 0.698. The normalized spacial score (nSPS) is 9.25. The van der Waals surface area contributed by atoms with Gasteiger partial charge in [-0.15, -0.1) is 0 Å². The van der Waals surface area contributed by atoms with Crippen molar-refractivity contribution in [2.24, 2.45) is 0 Å². The van der Waals surface area contributed by atoms with Crippen molar-refractivity contribution in [2.75, 3.05) is 0 Å². The van der Waals surface area contributed by atoms with Crippen molar-refractivity contribution < 1.29 is 48.3 Å². The van der Waals surface area contributed by atoms with Gasteiger partial charge in [-0.05, 0) is 0 Å². The van der Waals surface area contributed by atoms with Gasteiger partial charge in [-0.1, -0.05) is 0 Å². The first-order valence-corrected chi connectivity index (χ1v) is 4.99. The Morgan fingerprint density at radius 3 is 1.19 bits per heavy atom. The summed E-state index contributed by atoms with van der Waals surface area (Å²) in [6.07, 6.45) is -2.39. The number of rotatable bonds is 2. The molecule has 0 spiro atoms. The molecule has 0 saturated carbocycles. The Balaban J connectivity index is -0.0000000216. The Bertz CT molecular complexity index is 259. The third-order valence-corrected chi connectivity index (χ3v) is 1.12. The summed E-state index contributed by atoms with van der Waals surface area (Å²) in [7, 11) is -11.4. The molecule has 16 heavy (non-hydrogen) atoms. The van der Waals surface area contributed by atoms with Crippen LogP contribution in [0.4, 0.5) is 4.79 Å². The molecule has 0 N–H and O–H groups in total. The van der Waals surface area contributed by atoms with Crippen molar-refractivity contribution >= 4 is 188 Å². The smallest absolute Gasteiger partial charge is 1.00 e. The first-order valence-electron chi connectivity index (χ1n) is 2.07. The van der Waals surface area contributed by atoms with E-state index in [0.29, 0.717) is 0 Å². The standard InChI is InChI=1S/CH4O9P2.2Ca.2Sr.4H/c2-1(9-11(3,4)5)10-12(6,7)8;;;;;;;;/h(H2,3,4,5)(H2,6,7,8);;;;;;;;/q;4*+2;4*-1/p-4. The van der Waals surface area contributed by atoms with E-state index in [1.807, 2.05) is 0 Å². The maximum atomic E-state index is 9.89. The zero-order chi connectivity index (χ0) is 9.99. The van der Waals surface area contributed by atoms with Crippen LogP contribution in [0.15, 0.2) is 0 Å². The van der Waals surface area contributed by atoms with Crippen molar-refractivity contribution in [3.05, 3.63) is 0 Å². The second kappa shape index (κ2) is 15.0. The minimum absolute atomic E-state index is 0. The molecule has 0 amide bonds. The average molecular weight is 477 g/mol. The number of hydrogen-bond acceptors (Lipinski definition) is 9. The molecule has 0 aliphatic heterocycles. The number of phosphoric acid groups is 2. The molecule has 9 nitrogen and oxygen atoms in total. The molecular weight excluding hydrogens is 473 g/mol. The second-order valence-corrected chi connectivity index (χ2v) is 3.48. The van der Waals surface area contributed by atoms with Gasteiger partial charge in [0.1, 0.15) is 15.6 Å². The summed E-state index contributed by atoms with van der Waals surface area (Å²) < 4.78 is 24.8. The molecule has 0 fully saturated rings. The molecule has 0 aliphatic carbocycles. The van der Waals surface area contributed by atoms with Gasteiger partial charge in [0.05, 0.1) is 0 Å². The first kappa shape index (κ1) is 32.9. The maximum absolute atomic E-state index is 9.89. The van der Waals surface area contributed by atoms with Gasteiger partial charge in [-0.2, -0.15) is 0 Å². The fraction of sp³-hybridized carbons (Fsp3) is 0. The average Bonchev–Trinajstić information content (AvgIpc) is 1.49. The monoisotopic (exact) mass is 478 g/mol. The van der Waals surface area contributed by atoms with Crippen LogP contribution in [0.1, 0.15) is 5.71 Å². The maximum Gasteiger partial charge on any atom is 2.00 e. The number of phosphoric ester groups is 2. The summed E-state index contributed by atoms with van der Waals surface area (Å²) in [6.45, 7) is 0. The minimum Gasteiger partial charge on any atom is -1.00 e. The number of hydrogen-bond donors (Lipinski definition) is 0. The van der Waals surface area contributed by atoms with Crippen LogP contribution in [0.5, 0.6) is 0 Å². The predicted molar refractivity (Wildman–Crippen MR) is 50.2 cm³/mol. The van der Waals surface area contributed by atoms with E-state index in [1.165, 1.54) is 0 Å². The molecule has 0 rings (SSSR count). The predicted octanol–water partition coefficient (Wildman–Crippen LogP) is -4.28. The molecular formula is CH4Ca2O9P2Sr2. The van der Waals surface area contributed by atoms with Crippen molar-refractivity contribution in [3.8, 4) is 0 Å². The molecule has 0 radical (unpaired) electrons. The van der Waals surface area contributed by atoms with Gasteiger partial charge < -0.3 is 43.5 Å². The minimum atomic E-state index is -5.68. The Morgan fingerprint density at radius 2 is 1.06 bits per heavy atom. The van der Waals surface area contributed by atoms with Crippen LogP contribution in [0, 0.1) is 0 Å². The molecule has 0 aromatic carbocycles. The van der Waals surface area contributed by atoms with Gasteiger partial charge in [0, 0.05) is 0 Å². The van der Waals surface area contributed by atoms with Crippen LogP contribution < -0.4 is 19.6 Å². The summed E-state index contributed by atoms with van der Waals surface area (Å²) in [4.78, 5) is 48.2. The summed E-state index contributed by atoms with van der Waals surface area (Å²) in [6, 6.07) is 0. The quantitative estimate of drug-likeness (QED) is 0.283. The molecule has 80 valence electrons. The largest absolute Gasteiger partial charge is 2.00 e. The van der Waals surface area contributed by atoms with Gasteiger partial charge in [-0.25, -0.2) is 4.79 Å². The van der Waals surface area contributed by atoms with E-state index in [-0.39, 0.29) is 172 Å². The topological polar surface area (TPSA) is 162 Å². The molecule has 0 bridgehead atoms. The number of carbonyl (C=O) groups is 1. The van der Waals surface area contributed by atoms with Crippen LogP contribution in [0.3, 0.4) is 0 Å². The fourth-order valence-electron chi connectivity index (χ4n) is 0.199. The van der Waals surface area contributed by atoms with Crippen molar-refractivity contribution in [1.29, 1.82) is 0 Å². The van der Waals surface area contributed by atoms with E-state index < -0.39 is 21.8 Å². The molecule has 0 saturated heterocycles. The third-order valence-electron chi connectivity index (χ3n) is 0.373. The Labute approximate surface area is 230 Å². The summed E-state index contributed by atoms with van der Waals surface area (Å²) in [5, 5.41) is 0. The molecule has 0 heterocycles. The Morgan fingerprint density at radius 1 is 0.875 bits per heavy atom. The van der Waals surface area contributed by atoms with Crippen LogP contribution in [0.25, 0.3) is 0 Å². The molecule has 15 heteroatoms. The summed E-state index contributed by atoms with van der Waals surface area (Å²) >= 11 is 0. The van der Waals surface area contributed by atoms with Gasteiger partial charge in [0.2, 0.25) is 0 Å². The van der Waals surface area contributed by atoms with Crippen LogP contribution >= 0.6 is 15.6 Å². The van der Waals surface area contributed by atoms with Gasteiger partial charge in [0.25, 0.3) is 0 Å². The number of carbonyl (C=O) groups excluding carboxylic acids is 1. The van der Waals surface area contributed by atoms with E-state index in [1.54, 1.807) is 0 Å². The Kier molecular flexibility index (Phi) is 30.7. The van der Waals surface area contributed by atoms with Crippen LogP contribution in [-0.2, 0) is 18.2 Å². The van der Waals surface area contributed by atoms with E-state index in [2.05, 4.69) is 9.05 Å². The van der Waals surface area contributed by atoms with E-state index in [0.717, 1.165) is 0 Å². The van der Waals surface area contributed by atoms with Crippen LogP contribution in [0.2, 0.25) is 0 Å². The molecule has 0 unspecified atom stereocenters. The first-order chi connectivity index (χ1) is 5.10. The SMILES string of the molecule is O=C(OP(=O)([O-])[O-])OP(=O)([O-])[O-].[Ca+2].[Ca+2].[H-].[H-].[H-].[H-].[Sr+2].[Sr+2]. The van der Waals surface area contributed by atoms with Crippen molar-refractivity contribution in [3.63, 3.8) is 0 Å². The summed E-state index contributed by atoms with van der Waals surface area (Å²) in [5.74, 6) is 0. The van der Waals surface area contributed by atoms with Gasteiger partial charge in [-0.3, -0.25) is 0 Å².